The van der Waals surface area contributed by atoms with Crippen LogP contribution in [0, 0.1) is 13.8 Å². The molecule has 2 N–H and O–H groups in total. The van der Waals surface area contributed by atoms with Gasteiger partial charge in [-0.1, -0.05) is 32.1 Å². The SMILES string of the molecule is Cc1sc2nc(CNC3CCCCCCC3)[nH]c(=O)c2c1C. The molecule has 0 spiro atoms. The molecule has 0 atom stereocenters. The minimum atomic E-state index is 0.00122. The van der Waals surface area contributed by atoms with Crippen LogP contribution in [-0.4, -0.2) is 16.0 Å². The van der Waals surface area contributed by atoms with Crippen LogP contribution in [0.1, 0.15) is 61.2 Å². The molecule has 120 valence electrons. The van der Waals surface area contributed by atoms with Gasteiger partial charge in [0.25, 0.3) is 5.56 Å². The maximum absolute atomic E-state index is 12.3. The lowest BCUT2D eigenvalue weighted by Crippen LogP contribution is -2.30. The van der Waals surface area contributed by atoms with Gasteiger partial charge in [0, 0.05) is 10.9 Å². The molecule has 2 heterocycles. The van der Waals surface area contributed by atoms with Crippen LogP contribution in [0.15, 0.2) is 4.79 Å². The topological polar surface area (TPSA) is 57.8 Å². The number of hydrogen-bond acceptors (Lipinski definition) is 4. The molecule has 3 rings (SSSR count). The summed E-state index contributed by atoms with van der Waals surface area (Å²) in [7, 11) is 0. The van der Waals surface area contributed by atoms with E-state index in [0.29, 0.717) is 12.6 Å². The highest BCUT2D eigenvalue weighted by atomic mass is 32.1. The number of H-pyrrole nitrogens is 1. The number of fused-ring (bicyclic) bond motifs is 1. The number of aryl methyl sites for hydroxylation is 2. The first kappa shape index (κ1) is 15.7. The van der Waals surface area contributed by atoms with Crippen LogP contribution in [0.2, 0.25) is 0 Å². The predicted molar refractivity (Wildman–Crippen MR) is 92.7 cm³/mol. The van der Waals surface area contributed by atoms with E-state index >= 15 is 0 Å². The normalized spacial score (nSPS) is 17.5. The molecule has 0 saturated heterocycles. The summed E-state index contributed by atoms with van der Waals surface area (Å²) in [5.41, 5.74) is 1.06. The van der Waals surface area contributed by atoms with Crippen LogP contribution in [0.25, 0.3) is 10.2 Å². The van der Waals surface area contributed by atoms with Crippen molar-refractivity contribution in [3.8, 4) is 0 Å². The molecule has 1 aliphatic rings. The van der Waals surface area contributed by atoms with Gasteiger partial charge in [-0.25, -0.2) is 4.98 Å². The van der Waals surface area contributed by atoms with Gasteiger partial charge >= 0.3 is 0 Å². The zero-order valence-corrected chi connectivity index (χ0v) is 14.3. The first-order valence-electron chi connectivity index (χ1n) is 8.37. The second-order valence-electron chi connectivity index (χ2n) is 6.40. The molecule has 0 bridgehead atoms. The Hall–Kier alpha value is -1.20. The fraction of sp³-hybridized carbons (Fsp3) is 0.647. The smallest absolute Gasteiger partial charge is 0.259 e. The summed E-state index contributed by atoms with van der Waals surface area (Å²) in [4.78, 5) is 21.9. The van der Waals surface area contributed by atoms with E-state index in [-0.39, 0.29) is 5.56 Å². The molecule has 1 fully saturated rings. The van der Waals surface area contributed by atoms with E-state index in [4.69, 9.17) is 0 Å². The summed E-state index contributed by atoms with van der Waals surface area (Å²) in [5, 5.41) is 4.35. The van der Waals surface area contributed by atoms with E-state index in [0.717, 1.165) is 21.6 Å². The van der Waals surface area contributed by atoms with Crippen molar-refractivity contribution in [1.82, 2.24) is 15.3 Å². The number of thiophene rings is 1. The third-order valence-corrected chi connectivity index (χ3v) is 5.85. The van der Waals surface area contributed by atoms with Crippen molar-refractivity contribution in [3.63, 3.8) is 0 Å². The molecule has 0 radical (unpaired) electrons. The van der Waals surface area contributed by atoms with Crippen molar-refractivity contribution in [1.29, 1.82) is 0 Å². The average Bonchev–Trinajstić information content (AvgIpc) is 2.73. The minimum Gasteiger partial charge on any atom is -0.309 e. The number of nitrogens with one attached hydrogen (secondary N) is 2. The number of aromatic amines is 1. The zero-order valence-electron chi connectivity index (χ0n) is 13.5. The van der Waals surface area contributed by atoms with E-state index in [1.807, 2.05) is 13.8 Å². The molecule has 22 heavy (non-hydrogen) atoms. The highest BCUT2D eigenvalue weighted by Crippen LogP contribution is 2.25. The van der Waals surface area contributed by atoms with Crippen molar-refractivity contribution < 1.29 is 0 Å². The van der Waals surface area contributed by atoms with Gasteiger partial charge in [0.1, 0.15) is 10.7 Å². The van der Waals surface area contributed by atoms with Crippen LogP contribution in [0.5, 0.6) is 0 Å². The monoisotopic (exact) mass is 319 g/mol. The summed E-state index contributed by atoms with van der Waals surface area (Å²) in [6.45, 7) is 4.71. The van der Waals surface area contributed by atoms with Crippen molar-refractivity contribution >= 4 is 21.6 Å². The van der Waals surface area contributed by atoms with Gasteiger partial charge in [-0.15, -0.1) is 11.3 Å². The standard InChI is InChI=1S/C17H25N3OS/c1-11-12(2)22-17-15(11)16(21)19-14(20-17)10-18-13-8-6-4-3-5-7-9-13/h13,18H,3-10H2,1-2H3,(H,19,20,21). The fourth-order valence-electron chi connectivity index (χ4n) is 3.28. The minimum absolute atomic E-state index is 0.00122. The Morgan fingerprint density at radius 3 is 2.59 bits per heavy atom. The van der Waals surface area contributed by atoms with E-state index in [2.05, 4.69) is 15.3 Å². The molecule has 2 aromatic rings. The van der Waals surface area contributed by atoms with E-state index in [9.17, 15) is 4.79 Å². The Balaban J connectivity index is 1.72. The fourth-order valence-corrected chi connectivity index (χ4v) is 4.33. The van der Waals surface area contributed by atoms with Gasteiger partial charge in [0.05, 0.1) is 11.9 Å². The van der Waals surface area contributed by atoms with Gasteiger partial charge < -0.3 is 10.3 Å². The van der Waals surface area contributed by atoms with Gasteiger partial charge in [0.15, 0.2) is 0 Å². The molecular weight excluding hydrogens is 294 g/mol. The predicted octanol–water partition coefficient (Wildman–Crippen LogP) is 3.80. The van der Waals surface area contributed by atoms with Crippen LogP contribution in [-0.2, 0) is 6.54 Å². The van der Waals surface area contributed by atoms with Crippen molar-refractivity contribution in [2.24, 2.45) is 0 Å². The van der Waals surface area contributed by atoms with Crippen molar-refractivity contribution in [2.45, 2.75) is 71.4 Å². The lowest BCUT2D eigenvalue weighted by molar-refractivity contribution is 0.386. The zero-order chi connectivity index (χ0) is 15.5. The summed E-state index contributed by atoms with van der Waals surface area (Å²) >= 11 is 1.62. The first-order valence-corrected chi connectivity index (χ1v) is 9.19. The summed E-state index contributed by atoms with van der Waals surface area (Å²) < 4.78 is 0. The van der Waals surface area contributed by atoms with Crippen LogP contribution >= 0.6 is 11.3 Å². The molecule has 0 amide bonds. The number of nitrogens with zero attached hydrogens (tertiary/aromatic N) is 1. The van der Waals surface area contributed by atoms with Crippen LogP contribution in [0.3, 0.4) is 0 Å². The summed E-state index contributed by atoms with van der Waals surface area (Å²) in [5.74, 6) is 0.765. The maximum Gasteiger partial charge on any atom is 0.259 e. The summed E-state index contributed by atoms with van der Waals surface area (Å²) in [6.07, 6.45) is 9.19. The van der Waals surface area contributed by atoms with E-state index < -0.39 is 0 Å². The molecule has 0 aromatic carbocycles. The van der Waals surface area contributed by atoms with Gasteiger partial charge in [-0.2, -0.15) is 0 Å². The van der Waals surface area contributed by atoms with E-state index in [1.165, 1.54) is 49.8 Å². The molecule has 0 unspecified atom stereocenters. The molecule has 1 aliphatic carbocycles. The molecular formula is C17H25N3OS. The summed E-state index contributed by atoms with van der Waals surface area (Å²) in [6, 6.07) is 0.563. The highest BCUT2D eigenvalue weighted by molar-refractivity contribution is 7.18. The van der Waals surface area contributed by atoms with Gasteiger partial charge in [-0.3, -0.25) is 4.79 Å². The maximum atomic E-state index is 12.3. The molecule has 2 aromatic heterocycles. The lowest BCUT2D eigenvalue weighted by Gasteiger charge is -2.20. The lowest BCUT2D eigenvalue weighted by atomic mass is 9.97. The number of hydrogen-bond donors (Lipinski definition) is 2. The van der Waals surface area contributed by atoms with Gasteiger partial charge in [0.2, 0.25) is 0 Å². The number of aromatic nitrogens is 2. The van der Waals surface area contributed by atoms with E-state index in [1.54, 1.807) is 11.3 Å². The Morgan fingerprint density at radius 1 is 1.18 bits per heavy atom. The quantitative estimate of drug-likeness (QED) is 0.904. The second kappa shape index (κ2) is 6.92. The molecule has 5 heteroatoms. The Labute approximate surface area is 135 Å². The highest BCUT2D eigenvalue weighted by Gasteiger charge is 2.14. The van der Waals surface area contributed by atoms with Crippen molar-refractivity contribution in [2.75, 3.05) is 0 Å². The van der Waals surface area contributed by atoms with Crippen LogP contribution < -0.4 is 10.9 Å². The van der Waals surface area contributed by atoms with Gasteiger partial charge in [-0.05, 0) is 32.3 Å². The Bertz CT molecular complexity index is 696. The molecule has 1 saturated carbocycles. The third kappa shape index (κ3) is 3.41. The van der Waals surface area contributed by atoms with Crippen LogP contribution in [0.4, 0.5) is 0 Å². The molecule has 4 nitrogen and oxygen atoms in total. The molecule has 0 aliphatic heterocycles. The largest absolute Gasteiger partial charge is 0.309 e. The van der Waals surface area contributed by atoms with Crippen molar-refractivity contribution in [3.05, 3.63) is 26.6 Å². The third-order valence-electron chi connectivity index (χ3n) is 4.75. The number of rotatable bonds is 3. The first-order chi connectivity index (χ1) is 10.6. The second-order valence-corrected chi connectivity index (χ2v) is 7.60. The Kier molecular flexibility index (Phi) is 4.93. The average molecular weight is 319 g/mol. The Morgan fingerprint density at radius 2 is 1.86 bits per heavy atom.